The Kier molecular flexibility index (Phi) is 5.38. The lowest BCUT2D eigenvalue weighted by Crippen LogP contribution is -3.29. The van der Waals surface area contributed by atoms with Crippen LogP contribution in [-0.4, -0.2) is 44.0 Å². The molecule has 2 fully saturated rings. The van der Waals surface area contributed by atoms with Gasteiger partial charge in [0, 0.05) is 10.0 Å². The molecule has 1 atom stereocenters. The van der Waals surface area contributed by atoms with Crippen molar-refractivity contribution in [2.24, 2.45) is 0 Å². The van der Waals surface area contributed by atoms with Crippen LogP contribution in [0.1, 0.15) is 12.0 Å². The molecule has 0 unspecified atom stereocenters. The normalized spacial score (nSPS) is 25.8. The van der Waals surface area contributed by atoms with E-state index in [1.807, 2.05) is 30.3 Å². The van der Waals surface area contributed by atoms with Gasteiger partial charge in [-0.3, -0.25) is 9.59 Å². The Morgan fingerprint density at radius 3 is 2.26 bits per heavy atom. The van der Waals surface area contributed by atoms with Gasteiger partial charge in [0.2, 0.25) is 5.91 Å². The standard InChI is InChI=1S/C21H22BrN3O2/c22-17-6-8-18(9-7-17)25-20(26)14-19(21(25)27)24-12-10-23(11-13-24)15-16-4-2-1-3-5-16/h1-9,19H,10-15H2/p+2/t19-/m1/s1. The first-order chi connectivity index (χ1) is 13.1. The molecule has 0 saturated carbocycles. The molecule has 5 nitrogen and oxygen atoms in total. The highest BCUT2D eigenvalue weighted by Gasteiger charge is 2.46. The number of carbonyl (C=O) groups is 2. The van der Waals surface area contributed by atoms with Crippen LogP contribution >= 0.6 is 15.9 Å². The number of benzene rings is 2. The Morgan fingerprint density at radius 1 is 0.926 bits per heavy atom. The molecular weight excluding hydrogens is 406 g/mol. The minimum atomic E-state index is -0.237. The minimum Gasteiger partial charge on any atom is -0.322 e. The third-order valence-corrected chi connectivity index (χ3v) is 6.15. The van der Waals surface area contributed by atoms with Crippen LogP contribution in [0.4, 0.5) is 5.69 Å². The molecule has 2 aliphatic rings. The lowest BCUT2D eigenvalue weighted by molar-refractivity contribution is -1.02. The first-order valence-electron chi connectivity index (χ1n) is 9.46. The van der Waals surface area contributed by atoms with E-state index in [2.05, 4.69) is 40.2 Å². The van der Waals surface area contributed by atoms with Crippen LogP contribution in [0.25, 0.3) is 0 Å². The topological polar surface area (TPSA) is 46.3 Å². The molecule has 27 heavy (non-hydrogen) atoms. The van der Waals surface area contributed by atoms with Gasteiger partial charge in [-0.25, -0.2) is 4.90 Å². The van der Waals surface area contributed by atoms with Crippen molar-refractivity contribution in [1.82, 2.24) is 0 Å². The number of amides is 2. The van der Waals surface area contributed by atoms with Crippen molar-refractivity contribution in [3.8, 4) is 0 Å². The van der Waals surface area contributed by atoms with Crippen LogP contribution < -0.4 is 14.7 Å². The Balaban J connectivity index is 1.38. The zero-order chi connectivity index (χ0) is 18.8. The van der Waals surface area contributed by atoms with Crippen molar-refractivity contribution >= 4 is 33.4 Å². The van der Waals surface area contributed by atoms with Gasteiger partial charge >= 0.3 is 0 Å². The van der Waals surface area contributed by atoms with E-state index in [0.29, 0.717) is 12.1 Å². The molecule has 2 amide bonds. The molecule has 0 bridgehead atoms. The number of carbonyl (C=O) groups excluding carboxylic acids is 2. The molecule has 2 aromatic carbocycles. The molecule has 4 rings (SSSR count). The van der Waals surface area contributed by atoms with Crippen molar-refractivity contribution in [3.05, 3.63) is 64.6 Å². The predicted molar refractivity (Wildman–Crippen MR) is 107 cm³/mol. The Hall–Kier alpha value is -2.02. The summed E-state index contributed by atoms with van der Waals surface area (Å²) < 4.78 is 0.935. The number of nitrogens with zero attached hydrogens (tertiary/aromatic N) is 1. The molecular formula is C21H24BrN3O2+2. The van der Waals surface area contributed by atoms with Gasteiger partial charge in [0.15, 0.2) is 6.04 Å². The monoisotopic (exact) mass is 429 g/mol. The quantitative estimate of drug-likeness (QED) is 0.675. The van der Waals surface area contributed by atoms with Gasteiger partial charge in [0.1, 0.15) is 32.7 Å². The lowest BCUT2D eigenvalue weighted by atomic mass is 10.1. The summed E-state index contributed by atoms with van der Waals surface area (Å²) in [7, 11) is 0. The number of hydrogen-bond donors (Lipinski definition) is 2. The summed E-state index contributed by atoms with van der Waals surface area (Å²) in [5.41, 5.74) is 2.02. The number of rotatable bonds is 4. The maximum Gasteiger partial charge on any atom is 0.292 e. The minimum absolute atomic E-state index is 0.0520. The van der Waals surface area contributed by atoms with E-state index < -0.39 is 0 Å². The van der Waals surface area contributed by atoms with E-state index in [-0.39, 0.29) is 17.9 Å². The van der Waals surface area contributed by atoms with Crippen molar-refractivity contribution in [2.45, 2.75) is 19.0 Å². The maximum atomic E-state index is 12.9. The Bertz CT molecular complexity index is 817. The number of piperazine rings is 1. The maximum absolute atomic E-state index is 12.9. The second-order valence-electron chi connectivity index (χ2n) is 7.37. The summed E-state index contributed by atoms with van der Waals surface area (Å²) in [5, 5.41) is 0. The van der Waals surface area contributed by atoms with Crippen molar-refractivity contribution in [1.29, 1.82) is 0 Å². The molecule has 2 aliphatic heterocycles. The molecule has 2 aromatic rings. The first kappa shape index (κ1) is 18.3. The molecule has 0 aliphatic carbocycles. The van der Waals surface area contributed by atoms with Crippen molar-refractivity contribution < 1.29 is 19.4 Å². The second-order valence-corrected chi connectivity index (χ2v) is 8.29. The summed E-state index contributed by atoms with van der Waals surface area (Å²) >= 11 is 3.39. The van der Waals surface area contributed by atoms with E-state index in [1.165, 1.54) is 15.4 Å². The molecule has 2 N–H and O–H groups in total. The smallest absolute Gasteiger partial charge is 0.292 e. The first-order valence-corrected chi connectivity index (χ1v) is 10.3. The van der Waals surface area contributed by atoms with Gasteiger partial charge in [-0.05, 0) is 24.3 Å². The number of quaternary nitrogens is 2. The van der Waals surface area contributed by atoms with Crippen molar-refractivity contribution in [3.63, 3.8) is 0 Å². The SMILES string of the molecule is O=C1C[C@@H]([NH+]2CC[NH+](Cc3ccccc3)CC2)C(=O)N1c1ccc(Br)cc1. The van der Waals surface area contributed by atoms with Gasteiger partial charge in [-0.1, -0.05) is 46.3 Å². The third-order valence-electron chi connectivity index (χ3n) is 5.62. The number of anilines is 1. The molecule has 0 aromatic heterocycles. The highest BCUT2D eigenvalue weighted by molar-refractivity contribution is 9.10. The summed E-state index contributed by atoms with van der Waals surface area (Å²) in [5.74, 6) is -0.136. The van der Waals surface area contributed by atoms with Gasteiger partial charge < -0.3 is 9.80 Å². The van der Waals surface area contributed by atoms with E-state index >= 15 is 0 Å². The van der Waals surface area contributed by atoms with E-state index in [0.717, 1.165) is 37.2 Å². The largest absolute Gasteiger partial charge is 0.322 e. The molecule has 2 heterocycles. The average Bonchev–Trinajstić information content (AvgIpc) is 2.98. The van der Waals surface area contributed by atoms with Crippen LogP contribution in [-0.2, 0) is 16.1 Å². The fraction of sp³-hybridized carbons (Fsp3) is 0.333. The molecule has 2 saturated heterocycles. The van der Waals surface area contributed by atoms with E-state index in [4.69, 9.17) is 0 Å². The molecule has 6 heteroatoms. The van der Waals surface area contributed by atoms with E-state index in [1.54, 1.807) is 4.90 Å². The summed E-state index contributed by atoms with van der Waals surface area (Å²) in [6.07, 6.45) is 0.318. The molecule has 140 valence electrons. The predicted octanol–water partition coefficient (Wildman–Crippen LogP) is 0.0646. The lowest BCUT2D eigenvalue weighted by Gasteiger charge is -2.32. The highest BCUT2D eigenvalue weighted by Crippen LogP contribution is 2.23. The fourth-order valence-corrected chi connectivity index (χ4v) is 4.41. The van der Waals surface area contributed by atoms with Crippen LogP contribution in [0, 0.1) is 0 Å². The molecule has 0 radical (unpaired) electrons. The van der Waals surface area contributed by atoms with E-state index in [9.17, 15) is 9.59 Å². The highest BCUT2D eigenvalue weighted by atomic mass is 79.9. The Labute approximate surface area is 167 Å². The average molecular weight is 430 g/mol. The number of hydrogen-bond acceptors (Lipinski definition) is 2. The second kappa shape index (κ2) is 7.92. The zero-order valence-corrected chi connectivity index (χ0v) is 16.7. The van der Waals surface area contributed by atoms with Gasteiger partial charge in [0.25, 0.3) is 5.91 Å². The third kappa shape index (κ3) is 3.98. The summed E-state index contributed by atoms with van der Waals surface area (Å²) in [4.78, 5) is 29.6. The number of nitrogens with one attached hydrogen (secondary N) is 2. The molecule has 0 spiro atoms. The zero-order valence-electron chi connectivity index (χ0n) is 15.2. The van der Waals surface area contributed by atoms with Gasteiger partial charge in [-0.2, -0.15) is 0 Å². The summed E-state index contributed by atoms with van der Waals surface area (Å²) in [6, 6.07) is 17.7. The summed E-state index contributed by atoms with van der Waals surface area (Å²) in [6.45, 7) is 4.94. The van der Waals surface area contributed by atoms with Crippen LogP contribution in [0.5, 0.6) is 0 Å². The van der Waals surface area contributed by atoms with Gasteiger partial charge in [0.05, 0.1) is 12.1 Å². The van der Waals surface area contributed by atoms with Crippen molar-refractivity contribution in [2.75, 3.05) is 31.1 Å². The van der Waals surface area contributed by atoms with Gasteiger partial charge in [-0.15, -0.1) is 0 Å². The van der Waals surface area contributed by atoms with Crippen LogP contribution in [0.3, 0.4) is 0 Å². The van der Waals surface area contributed by atoms with Crippen LogP contribution in [0.2, 0.25) is 0 Å². The van der Waals surface area contributed by atoms with Crippen LogP contribution in [0.15, 0.2) is 59.1 Å². The fourth-order valence-electron chi connectivity index (χ4n) is 4.15. The number of halogens is 1. The number of imide groups is 1. The Morgan fingerprint density at radius 2 is 1.59 bits per heavy atom.